The van der Waals surface area contributed by atoms with Crippen molar-refractivity contribution < 1.29 is 13.9 Å². The van der Waals surface area contributed by atoms with Gasteiger partial charge in [-0.3, -0.25) is 4.40 Å². The van der Waals surface area contributed by atoms with E-state index in [0.717, 1.165) is 17.3 Å². The summed E-state index contributed by atoms with van der Waals surface area (Å²) in [6, 6.07) is 10.1. The van der Waals surface area contributed by atoms with Gasteiger partial charge in [0.2, 0.25) is 11.7 Å². The summed E-state index contributed by atoms with van der Waals surface area (Å²) >= 11 is 0. The largest absolute Gasteiger partial charge is 0.496 e. The molecule has 0 radical (unpaired) electrons. The number of halogens is 1. The maximum atomic E-state index is 12.9. The molecule has 0 bridgehead atoms. The van der Waals surface area contributed by atoms with Gasteiger partial charge in [0.25, 0.3) is 0 Å². The van der Waals surface area contributed by atoms with Crippen LogP contribution in [0, 0.1) is 17.1 Å². The van der Waals surface area contributed by atoms with Crippen molar-refractivity contribution in [1.82, 2.24) is 19.4 Å². The Morgan fingerprint density at radius 3 is 2.79 bits per heavy atom. The Balaban J connectivity index is 1.60. The fraction of sp³-hybridized carbons (Fsp3) is 0.100. The van der Waals surface area contributed by atoms with E-state index in [0.29, 0.717) is 28.7 Å². The second kappa shape index (κ2) is 7.32. The van der Waals surface area contributed by atoms with Crippen molar-refractivity contribution in [2.24, 2.45) is 0 Å². The molecule has 0 aliphatic rings. The molecule has 0 saturated heterocycles. The van der Waals surface area contributed by atoms with Crippen molar-refractivity contribution in [2.75, 3.05) is 7.11 Å². The molecule has 3 aromatic heterocycles. The number of imidazole rings is 1. The zero-order valence-corrected chi connectivity index (χ0v) is 14.8. The van der Waals surface area contributed by atoms with Crippen LogP contribution < -0.4 is 9.47 Å². The predicted octanol–water partition coefficient (Wildman–Crippen LogP) is 3.39. The van der Waals surface area contributed by atoms with Gasteiger partial charge in [0.15, 0.2) is 0 Å². The Morgan fingerprint density at radius 1 is 1.14 bits per heavy atom. The smallest absolute Gasteiger partial charge is 0.234 e. The van der Waals surface area contributed by atoms with Crippen LogP contribution in [0.4, 0.5) is 4.39 Å². The van der Waals surface area contributed by atoms with E-state index in [1.165, 1.54) is 12.1 Å². The molecule has 0 aliphatic heterocycles. The zero-order chi connectivity index (χ0) is 19.5. The standard InChI is InChI=1S/C20H14FN5O2/c1-27-18-6-13(7-22)2-4-17(18)14-8-24-20-25-16(11-26(20)10-14)12-28-19-5-3-15(21)9-23-19/h2-6,8-11H,12H2,1H3. The van der Waals surface area contributed by atoms with E-state index < -0.39 is 5.82 Å². The summed E-state index contributed by atoms with van der Waals surface area (Å²) < 4.78 is 25.6. The minimum atomic E-state index is -0.421. The number of aromatic nitrogens is 4. The summed E-state index contributed by atoms with van der Waals surface area (Å²) in [6.45, 7) is 0.178. The Labute approximate surface area is 159 Å². The first kappa shape index (κ1) is 17.4. The monoisotopic (exact) mass is 375 g/mol. The second-order valence-corrected chi connectivity index (χ2v) is 5.91. The van der Waals surface area contributed by atoms with Gasteiger partial charge in [0, 0.05) is 35.8 Å². The van der Waals surface area contributed by atoms with Crippen molar-refractivity contribution >= 4 is 5.78 Å². The minimum absolute atomic E-state index is 0.178. The van der Waals surface area contributed by atoms with Crippen molar-refractivity contribution in [3.8, 4) is 28.8 Å². The van der Waals surface area contributed by atoms with Crippen molar-refractivity contribution in [2.45, 2.75) is 6.61 Å². The van der Waals surface area contributed by atoms with Gasteiger partial charge >= 0.3 is 0 Å². The average Bonchev–Trinajstić information content (AvgIpc) is 3.15. The molecule has 0 amide bonds. The summed E-state index contributed by atoms with van der Waals surface area (Å²) in [5.74, 6) is 0.998. The number of pyridine rings is 1. The fourth-order valence-electron chi connectivity index (χ4n) is 2.74. The van der Waals surface area contributed by atoms with Crippen LogP contribution in [-0.4, -0.2) is 26.5 Å². The molecular formula is C20H14FN5O2. The number of benzene rings is 1. The summed E-state index contributed by atoms with van der Waals surface area (Å²) in [6.07, 6.45) is 6.46. The van der Waals surface area contributed by atoms with Crippen molar-refractivity contribution in [3.63, 3.8) is 0 Å². The summed E-state index contributed by atoms with van der Waals surface area (Å²) in [5, 5.41) is 9.04. The Hall–Kier alpha value is -3.99. The highest BCUT2D eigenvalue weighted by atomic mass is 19.1. The molecule has 0 aliphatic carbocycles. The maximum Gasteiger partial charge on any atom is 0.234 e. The Morgan fingerprint density at radius 2 is 2.04 bits per heavy atom. The lowest BCUT2D eigenvalue weighted by molar-refractivity contribution is 0.289. The normalized spacial score (nSPS) is 10.6. The number of nitriles is 1. The molecule has 0 atom stereocenters. The quantitative estimate of drug-likeness (QED) is 0.532. The van der Waals surface area contributed by atoms with Gasteiger partial charge in [-0.1, -0.05) is 0 Å². The fourth-order valence-corrected chi connectivity index (χ4v) is 2.74. The van der Waals surface area contributed by atoms with Crippen LogP contribution >= 0.6 is 0 Å². The number of nitrogens with zero attached hydrogens (tertiary/aromatic N) is 5. The SMILES string of the molecule is COc1cc(C#N)ccc1-c1cnc2nc(COc3ccc(F)cn3)cn2c1. The molecule has 0 spiro atoms. The molecule has 138 valence electrons. The lowest BCUT2D eigenvalue weighted by Crippen LogP contribution is -1.97. The second-order valence-electron chi connectivity index (χ2n) is 5.91. The minimum Gasteiger partial charge on any atom is -0.496 e. The molecular weight excluding hydrogens is 361 g/mol. The maximum absolute atomic E-state index is 12.9. The molecule has 4 rings (SSSR count). The van der Waals surface area contributed by atoms with Crippen molar-refractivity contribution in [3.05, 3.63) is 72.2 Å². The first-order valence-corrected chi connectivity index (χ1v) is 8.33. The van der Waals surface area contributed by atoms with E-state index in [1.807, 2.05) is 12.3 Å². The van der Waals surface area contributed by atoms with Gasteiger partial charge < -0.3 is 9.47 Å². The molecule has 4 aromatic rings. The lowest BCUT2D eigenvalue weighted by atomic mass is 10.1. The van der Waals surface area contributed by atoms with Gasteiger partial charge in [-0.2, -0.15) is 5.26 Å². The topological polar surface area (TPSA) is 85.3 Å². The number of hydrogen-bond donors (Lipinski definition) is 0. The zero-order valence-electron chi connectivity index (χ0n) is 14.8. The van der Waals surface area contributed by atoms with E-state index in [2.05, 4.69) is 21.0 Å². The van der Waals surface area contributed by atoms with Crippen LogP contribution in [0.2, 0.25) is 0 Å². The van der Waals surface area contributed by atoms with Gasteiger partial charge in [-0.15, -0.1) is 0 Å². The van der Waals surface area contributed by atoms with Gasteiger partial charge in [0.1, 0.15) is 18.2 Å². The molecule has 0 unspecified atom stereocenters. The highest BCUT2D eigenvalue weighted by molar-refractivity contribution is 5.71. The highest BCUT2D eigenvalue weighted by Crippen LogP contribution is 2.30. The molecule has 0 saturated carbocycles. The molecule has 7 nitrogen and oxygen atoms in total. The van der Waals surface area contributed by atoms with Crippen LogP contribution in [0.3, 0.4) is 0 Å². The lowest BCUT2D eigenvalue weighted by Gasteiger charge is -2.08. The predicted molar refractivity (Wildman–Crippen MR) is 98.2 cm³/mol. The van der Waals surface area contributed by atoms with Crippen molar-refractivity contribution in [1.29, 1.82) is 5.26 Å². The van der Waals surface area contributed by atoms with Gasteiger partial charge in [0.05, 0.1) is 30.6 Å². The first-order valence-electron chi connectivity index (χ1n) is 8.33. The van der Waals surface area contributed by atoms with E-state index in [4.69, 9.17) is 14.7 Å². The summed E-state index contributed by atoms with van der Waals surface area (Å²) in [4.78, 5) is 12.6. The third-order valence-electron chi connectivity index (χ3n) is 4.07. The molecule has 8 heteroatoms. The Kier molecular flexibility index (Phi) is 4.56. The number of methoxy groups -OCH3 is 1. The summed E-state index contributed by atoms with van der Waals surface area (Å²) in [7, 11) is 1.56. The van der Waals surface area contributed by atoms with Gasteiger partial charge in [-0.05, 0) is 24.3 Å². The van der Waals surface area contributed by atoms with Gasteiger partial charge in [-0.25, -0.2) is 19.3 Å². The van der Waals surface area contributed by atoms with Crippen LogP contribution in [0.1, 0.15) is 11.3 Å². The van der Waals surface area contributed by atoms with E-state index >= 15 is 0 Å². The van der Waals surface area contributed by atoms with E-state index in [1.54, 1.807) is 36.0 Å². The third-order valence-corrected chi connectivity index (χ3v) is 4.07. The van der Waals surface area contributed by atoms with E-state index in [-0.39, 0.29) is 6.61 Å². The van der Waals surface area contributed by atoms with E-state index in [9.17, 15) is 4.39 Å². The van der Waals surface area contributed by atoms with Crippen LogP contribution in [0.5, 0.6) is 11.6 Å². The van der Waals surface area contributed by atoms with Crippen LogP contribution in [0.25, 0.3) is 16.9 Å². The first-order chi connectivity index (χ1) is 13.7. The van der Waals surface area contributed by atoms with Crippen LogP contribution in [0.15, 0.2) is 55.1 Å². The average molecular weight is 375 g/mol. The molecule has 3 heterocycles. The summed E-state index contributed by atoms with van der Waals surface area (Å²) in [5.41, 5.74) is 2.81. The third kappa shape index (κ3) is 3.46. The molecule has 0 N–H and O–H groups in total. The number of ether oxygens (including phenoxy) is 2. The van der Waals surface area contributed by atoms with Crippen LogP contribution in [-0.2, 0) is 6.61 Å². The molecule has 0 fully saturated rings. The number of rotatable bonds is 5. The number of hydrogen-bond acceptors (Lipinski definition) is 6. The Bertz CT molecular complexity index is 1180. The number of fused-ring (bicyclic) bond motifs is 1. The highest BCUT2D eigenvalue weighted by Gasteiger charge is 2.10. The molecule has 1 aromatic carbocycles. The molecule has 28 heavy (non-hydrogen) atoms.